The van der Waals surface area contributed by atoms with Crippen LogP contribution in [0.3, 0.4) is 0 Å². The summed E-state index contributed by atoms with van der Waals surface area (Å²) in [5.41, 5.74) is -1.01. The van der Waals surface area contributed by atoms with Crippen LogP contribution < -0.4 is 0 Å². The molecular weight excluding hydrogens is 232 g/mol. The van der Waals surface area contributed by atoms with Crippen molar-refractivity contribution in [3.63, 3.8) is 0 Å². The summed E-state index contributed by atoms with van der Waals surface area (Å²) in [6.07, 6.45) is 3.65. The van der Waals surface area contributed by atoms with E-state index in [4.69, 9.17) is 9.52 Å². The highest BCUT2D eigenvalue weighted by Gasteiger charge is 2.44. The Balaban J connectivity index is 2.34. The molecular formula is C14H20O4. The van der Waals surface area contributed by atoms with Crippen LogP contribution in [0.4, 0.5) is 0 Å². The van der Waals surface area contributed by atoms with Crippen LogP contribution in [-0.2, 0) is 5.60 Å². The fourth-order valence-electron chi connectivity index (χ4n) is 3.06. The molecule has 0 aromatic carbocycles. The van der Waals surface area contributed by atoms with Gasteiger partial charge in [-0.3, -0.25) is 0 Å². The van der Waals surface area contributed by atoms with Gasteiger partial charge in [0.15, 0.2) is 0 Å². The van der Waals surface area contributed by atoms with Crippen LogP contribution in [0.25, 0.3) is 0 Å². The molecule has 0 radical (unpaired) electrons. The Morgan fingerprint density at radius 1 is 1.44 bits per heavy atom. The number of carbonyl (C=O) groups is 1. The van der Waals surface area contributed by atoms with Crippen molar-refractivity contribution >= 4 is 5.97 Å². The van der Waals surface area contributed by atoms with Crippen molar-refractivity contribution in [3.8, 4) is 0 Å². The predicted octanol–water partition coefficient (Wildman–Crippen LogP) is 3.01. The summed E-state index contributed by atoms with van der Waals surface area (Å²) in [7, 11) is 0. The van der Waals surface area contributed by atoms with E-state index in [0.29, 0.717) is 18.1 Å². The van der Waals surface area contributed by atoms with Gasteiger partial charge in [0.1, 0.15) is 11.4 Å². The van der Waals surface area contributed by atoms with Crippen molar-refractivity contribution in [1.82, 2.24) is 0 Å². The van der Waals surface area contributed by atoms with Crippen molar-refractivity contribution < 1.29 is 19.4 Å². The van der Waals surface area contributed by atoms with Crippen LogP contribution in [-0.4, -0.2) is 16.2 Å². The SMILES string of the molecule is CC(C)C1CCCCC1(O)c1ccc(C(=O)O)o1. The number of aliphatic hydroxyl groups is 1. The molecule has 0 spiro atoms. The average molecular weight is 252 g/mol. The van der Waals surface area contributed by atoms with Gasteiger partial charge in [-0.1, -0.05) is 26.7 Å². The van der Waals surface area contributed by atoms with Gasteiger partial charge in [-0.05, 0) is 36.8 Å². The lowest BCUT2D eigenvalue weighted by atomic mass is 9.69. The van der Waals surface area contributed by atoms with Crippen LogP contribution in [0.5, 0.6) is 0 Å². The molecule has 0 amide bonds. The van der Waals surface area contributed by atoms with Crippen molar-refractivity contribution in [2.24, 2.45) is 11.8 Å². The summed E-state index contributed by atoms with van der Waals surface area (Å²) in [5, 5.41) is 19.8. The zero-order valence-corrected chi connectivity index (χ0v) is 10.8. The van der Waals surface area contributed by atoms with Gasteiger partial charge in [0.05, 0.1) is 0 Å². The van der Waals surface area contributed by atoms with E-state index in [9.17, 15) is 9.90 Å². The normalized spacial score (nSPS) is 28.6. The third-order valence-corrected chi connectivity index (χ3v) is 3.98. The molecule has 4 heteroatoms. The number of hydrogen-bond acceptors (Lipinski definition) is 3. The van der Waals surface area contributed by atoms with Gasteiger partial charge < -0.3 is 14.6 Å². The van der Waals surface area contributed by atoms with Gasteiger partial charge >= 0.3 is 5.97 Å². The third-order valence-electron chi connectivity index (χ3n) is 3.98. The molecule has 18 heavy (non-hydrogen) atoms. The first-order chi connectivity index (χ1) is 8.45. The second-order valence-corrected chi connectivity index (χ2v) is 5.49. The number of carboxylic acid groups (broad SMARTS) is 1. The van der Waals surface area contributed by atoms with Gasteiger partial charge in [0, 0.05) is 0 Å². The largest absolute Gasteiger partial charge is 0.475 e. The van der Waals surface area contributed by atoms with E-state index >= 15 is 0 Å². The van der Waals surface area contributed by atoms with Crippen LogP contribution in [0.2, 0.25) is 0 Å². The zero-order valence-electron chi connectivity index (χ0n) is 10.8. The van der Waals surface area contributed by atoms with E-state index in [1.807, 2.05) is 0 Å². The van der Waals surface area contributed by atoms with Gasteiger partial charge in [-0.2, -0.15) is 0 Å². The number of rotatable bonds is 3. The van der Waals surface area contributed by atoms with E-state index in [-0.39, 0.29) is 11.7 Å². The molecule has 1 aliphatic carbocycles. The second-order valence-electron chi connectivity index (χ2n) is 5.49. The molecule has 4 nitrogen and oxygen atoms in total. The Morgan fingerprint density at radius 2 is 2.17 bits per heavy atom. The van der Waals surface area contributed by atoms with Gasteiger partial charge in [-0.25, -0.2) is 4.79 Å². The Bertz CT molecular complexity index is 435. The van der Waals surface area contributed by atoms with Crippen molar-refractivity contribution in [3.05, 3.63) is 23.7 Å². The Labute approximate surface area is 107 Å². The van der Waals surface area contributed by atoms with Crippen LogP contribution in [0.15, 0.2) is 16.5 Å². The highest BCUT2D eigenvalue weighted by Crippen LogP contribution is 2.45. The molecule has 1 heterocycles. The first-order valence-corrected chi connectivity index (χ1v) is 6.51. The lowest BCUT2D eigenvalue weighted by Crippen LogP contribution is -2.40. The minimum atomic E-state index is -1.10. The molecule has 0 aliphatic heterocycles. The highest BCUT2D eigenvalue weighted by atomic mass is 16.4. The first-order valence-electron chi connectivity index (χ1n) is 6.51. The molecule has 1 fully saturated rings. The number of carboxylic acids is 1. The summed E-state index contributed by atoms with van der Waals surface area (Å²) in [5.74, 6) is -0.334. The smallest absolute Gasteiger partial charge is 0.371 e. The molecule has 1 saturated carbocycles. The summed E-state index contributed by atoms with van der Waals surface area (Å²) in [6, 6.07) is 3.02. The van der Waals surface area contributed by atoms with Gasteiger partial charge in [-0.15, -0.1) is 0 Å². The summed E-state index contributed by atoms with van der Waals surface area (Å²) < 4.78 is 5.32. The van der Waals surface area contributed by atoms with Crippen molar-refractivity contribution in [2.75, 3.05) is 0 Å². The minimum Gasteiger partial charge on any atom is -0.475 e. The zero-order chi connectivity index (χ0) is 13.3. The van der Waals surface area contributed by atoms with E-state index in [2.05, 4.69) is 13.8 Å². The fourth-order valence-corrected chi connectivity index (χ4v) is 3.06. The molecule has 0 saturated heterocycles. The van der Waals surface area contributed by atoms with Crippen LogP contribution in [0, 0.1) is 11.8 Å². The first kappa shape index (κ1) is 13.1. The van der Waals surface area contributed by atoms with Crippen molar-refractivity contribution in [2.45, 2.75) is 45.1 Å². The predicted molar refractivity (Wildman–Crippen MR) is 66.4 cm³/mol. The molecule has 2 unspecified atom stereocenters. The number of hydrogen-bond donors (Lipinski definition) is 2. The number of aromatic carboxylic acids is 1. The molecule has 1 aromatic heterocycles. The van der Waals surface area contributed by atoms with Crippen LogP contribution >= 0.6 is 0 Å². The summed E-state index contributed by atoms with van der Waals surface area (Å²) >= 11 is 0. The molecule has 100 valence electrons. The maximum absolute atomic E-state index is 10.9. The quantitative estimate of drug-likeness (QED) is 0.867. The Hall–Kier alpha value is -1.29. The highest BCUT2D eigenvalue weighted by molar-refractivity contribution is 5.84. The topological polar surface area (TPSA) is 70.7 Å². The average Bonchev–Trinajstić information content (AvgIpc) is 2.79. The van der Waals surface area contributed by atoms with Crippen LogP contribution in [0.1, 0.15) is 55.8 Å². The Morgan fingerprint density at radius 3 is 2.72 bits per heavy atom. The van der Waals surface area contributed by atoms with Crippen molar-refractivity contribution in [1.29, 1.82) is 0 Å². The van der Waals surface area contributed by atoms with E-state index in [0.717, 1.165) is 19.3 Å². The molecule has 2 N–H and O–H groups in total. The number of furan rings is 1. The maximum atomic E-state index is 10.9. The maximum Gasteiger partial charge on any atom is 0.371 e. The Kier molecular flexibility index (Phi) is 3.48. The minimum absolute atomic E-state index is 0.105. The fraction of sp³-hybridized carbons (Fsp3) is 0.643. The molecule has 2 rings (SSSR count). The third kappa shape index (κ3) is 2.17. The molecule has 0 bridgehead atoms. The van der Waals surface area contributed by atoms with E-state index in [1.165, 1.54) is 6.07 Å². The second kappa shape index (κ2) is 4.76. The molecule has 2 atom stereocenters. The summed E-state index contributed by atoms with van der Waals surface area (Å²) in [6.45, 7) is 4.17. The lowest BCUT2D eigenvalue weighted by molar-refractivity contribution is -0.0874. The van der Waals surface area contributed by atoms with E-state index < -0.39 is 11.6 Å². The summed E-state index contributed by atoms with van der Waals surface area (Å²) in [4.78, 5) is 10.8. The molecule has 1 aliphatic rings. The van der Waals surface area contributed by atoms with Gasteiger partial charge in [0.25, 0.3) is 0 Å². The monoisotopic (exact) mass is 252 g/mol. The van der Waals surface area contributed by atoms with Gasteiger partial charge in [0.2, 0.25) is 5.76 Å². The standard InChI is InChI=1S/C14H20O4/c1-9(2)10-5-3-4-8-14(10,17)12-7-6-11(18-12)13(15)16/h6-7,9-10,17H,3-5,8H2,1-2H3,(H,15,16). The molecule has 1 aromatic rings. The lowest BCUT2D eigenvalue weighted by Gasteiger charge is -2.40. The van der Waals surface area contributed by atoms with E-state index in [1.54, 1.807) is 6.07 Å².